The molecule has 7 heteroatoms. The first-order valence-corrected chi connectivity index (χ1v) is 10.00. The van der Waals surface area contributed by atoms with Crippen molar-refractivity contribution in [2.24, 2.45) is 0 Å². The molecule has 1 fully saturated rings. The number of benzene rings is 1. The van der Waals surface area contributed by atoms with Crippen LogP contribution in [0.25, 0.3) is 0 Å². The van der Waals surface area contributed by atoms with Gasteiger partial charge < -0.3 is 15.0 Å². The maximum absolute atomic E-state index is 6.09. The number of aromatic nitrogens is 1. The highest BCUT2D eigenvalue weighted by Gasteiger charge is 2.14. The summed E-state index contributed by atoms with van der Waals surface area (Å²) in [5, 5.41) is 4.71. The van der Waals surface area contributed by atoms with Gasteiger partial charge >= 0.3 is 0 Å². The molecule has 2 aromatic rings. The van der Waals surface area contributed by atoms with Crippen LogP contribution in [-0.2, 0) is 11.3 Å². The molecule has 1 aliphatic heterocycles. The zero-order chi connectivity index (χ0) is 18.9. The second-order valence-corrected chi connectivity index (χ2v) is 7.35. The maximum atomic E-state index is 6.09. The van der Waals surface area contributed by atoms with Crippen LogP contribution in [0.15, 0.2) is 48.8 Å². The number of morpholine rings is 1. The predicted molar refractivity (Wildman–Crippen MR) is 114 cm³/mol. The number of pyridine rings is 1. The van der Waals surface area contributed by atoms with E-state index in [0.29, 0.717) is 10.1 Å². The molecule has 0 bridgehead atoms. The van der Waals surface area contributed by atoms with E-state index in [1.165, 1.54) is 5.56 Å². The Kier molecular flexibility index (Phi) is 7.83. The van der Waals surface area contributed by atoms with Crippen LogP contribution >= 0.6 is 23.8 Å². The van der Waals surface area contributed by atoms with Crippen molar-refractivity contribution in [2.75, 3.05) is 44.7 Å². The lowest BCUT2D eigenvalue weighted by molar-refractivity contribution is 0.0368. The summed E-state index contributed by atoms with van der Waals surface area (Å²) in [6.07, 6.45) is 4.67. The van der Waals surface area contributed by atoms with Crippen molar-refractivity contribution >= 4 is 34.6 Å². The summed E-state index contributed by atoms with van der Waals surface area (Å²) in [5.74, 6) is 0. The summed E-state index contributed by atoms with van der Waals surface area (Å²) in [7, 11) is 0. The number of halogens is 1. The maximum Gasteiger partial charge on any atom is 0.173 e. The highest BCUT2D eigenvalue weighted by atomic mass is 35.5. The number of thiocarbonyl (C=S) groups is 1. The fourth-order valence-electron chi connectivity index (χ4n) is 3.04. The standard InChI is InChI=1S/C20H25ClN4OS/c21-18-3-1-4-19(15-18)23-20(27)25(16-17-5-7-22-8-6-17)10-2-9-24-11-13-26-14-12-24/h1,3-8,15H,2,9-14,16H2,(H,23,27). The summed E-state index contributed by atoms with van der Waals surface area (Å²) in [6.45, 7) is 6.36. The predicted octanol–water partition coefficient (Wildman–Crippen LogP) is 3.66. The average molecular weight is 405 g/mol. The second-order valence-electron chi connectivity index (χ2n) is 6.53. The fourth-order valence-corrected chi connectivity index (χ4v) is 3.50. The van der Waals surface area contributed by atoms with Gasteiger partial charge in [0.25, 0.3) is 0 Å². The van der Waals surface area contributed by atoms with Gasteiger partial charge in [-0.25, -0.2) is 0 Å². The Bertz CT molecular complexity index is 725. The molecule has 1 aromatic heterocycles. The van der Waals surface area contributed by atoms with Gasteiger partial charge in [0.1, 0.15) is 0 Å². The molecule has 1 aliphatic rings. The summed E-state index contributed by atoms with van der Waals surface area (Å²) < 4.78 is 5.42. The van der Waals surface area contributed by atoms with E-state index >= 15 is 0 Å². The topological polar surface area (TPSA) is 40.6 Å². The number of nitrogens with one attached hydrogen (secondary N) is 1. The summed E-state index contributed by atoms with van der Waals surface area (Å²) >= 11 is 11.8. The van der Waals surface area contributed by atoms with E-state index in [1.807, 2.05) is 48.8 Å². The number of hydrogen-bond acceptors (Lipinski definition) is 4. The van der Waals surface area contributed by atoms with Crippen molar-refractivity contribution in [3.05, 3.63) is 59.4 Å². The smallest absolute Gasteiger partial charge is 0.173 e. The number of nitrogens with zero attached hydrogens (tertiary/aromatic N) is 3. The van der Waals surface area contributed by atoms with Gasteiger partial charge in [0, 0.05) is 55.8 Å². The molecular formula is C20H25ClN4OS. The summed E-state index contributed by atoms with van der Waals surface area (Å²) in [4.78, 5) is 8.74. The van der Waals surface area contributed by atoms with E-state index < -0.39 is 0 Å². The highest BCUT2D eigenvalue weighted by molar-refractivity contribution is 7.80. The Labute approximate surface area is 171 Å². The monoisotopic (exact) mass is 404 g/mol. The van der Waals surface area contributed by atoms with Crippen LogP contribution in [0.4, 0.5) is 5.69 Å². The van der Waals surface area contributed by atoms with Crippen molar-refractivity contribution in [2.45, 2.75) is 13.0 Å². The molecular weight excluding hydrogens is 380 g/mol. The Balaban J connectivity index is 1.60. The first-order chi connectivity index (χ1) is 13.2. The quantitative estimate of drug-likeness (QED) is 0.710. The number of rotatable bonds is 7. The fraction of sp³-hybridized carbons (Fsp3) is 0.400. The molecule has 0 amide bonds. The van der Waals surface area contributed by atoms with Gasteiger partial charge in [0.15, 0.2) is 5.11 Å². The van der Waals surface area contributed by atoms with Gasteiger partial charge in [-0.1, -0.05) is 17.7 Å². The van der Waals surface area contributed by atoms with Crippen LogP contribution in [0.1, 0.15) is 12.0 Å². The molecule has 144 valence electrons. The Morgan fingerprint density at radius 2 is 2.00 bits per heavy atom. The third-order valence-electron chi connectivity index (χ3n) is 4.49. The van der Waals surface area contributed by atoms with Gasteiger partial charge in [-0.2, -0.15) is 0 Å². The van der Waals surface area contributed by atoms with E-state index in [-0.39, 0.29) is 0 Å². The van der Waals surface area contributed by atoms with Gasteiger partial charge in [-0.15, -0.1) is 0 Å². The van der Waals surface area contributed by atoms with Crippen LogP contribution in [0, 0.1) is 0 Å². The first kappa shape index (κ1) is 20.0. The third kappa shape index (κ3) is 6.74. The Hall–Kier alpha value is -1.73. The van der Waals surface area contributed by atoms with Crippen LogP contribution in [0.3, 0.4) is 0 Å². The lowest BCUT2D eigenvalue weighted by Gasteiger charge is -2.29. The highest BCUT2D eigenvalue weighted by Crippen LogP contribution is 2.16. The molecule has 1 aromatic carbocycles. The Morgan fingerprint density at radius 1 is 1.22 bits per heavy atom. The molecule has 0 spiro atoms. The van der Waals surface area contributed by atoms with E-state index in [1.54, 1.807) is 0 Å². The SMILES string of the molecule is S=C(Nc1cccc(Cl)c1)N(CCCN1CCOCC1)Cc1ccncc1. The van der Waals surface area contributed by atoms with Crippen molar-refractivity contribution in [1.82, 2.24) is 14.8 Å². The van der Waals surface area contributed by atoms with Crippen molar-refractivity contribution in [1.29, 1.82) is 0 Å². The summed E-state index contributed by atoms with van der Waals surface area (Å²) in [6, 6.07) is 11.7. The second kappa shape index (κ2) is 10.6. The number of ether oxygens (including phenoxy) is 1. The molecule has 27 heavy (non-hydrogen) atoms. The lowest BCUT2D eigenvalue weighted by atomic mass is 10.2. The molecule has 1 N–H and O–H groups in total. The minimum atomic E-state index is 0.691. The molecule has 3 rings (SSSR count). The van der Waals surface area contributed by atoms with E-state index in [9.17, 15) is 0 Å². The van der Waals surface area contributed by atoms with Gasteiger partial charge in [0.2, 0.25) is 0 Å². The normalized spacial score (nSPS) is 14.7. The van der Waals surface area contributed by atoms with E-state index in [0.717, 1.165) is 58.0 Å². The van der Waals surface area contributed by atoms with Gasteiger partial charge in [0.05, 0.1) is 13.2 Å². The molecule has 0 radical (unpaired) electrons. The van der Waals surface area contributed by atoms with E-state index in [2.05, 4.69) is 20.1 Å². The van der Waals surface area contributed by atoms with Crippen molar-refractivity contribution in [3.8, 4) is 0 Å². The molecule has 0 saturated carbocycles. The van der Waals surface area contributed by atoms with Crippen molar-refractivity contribution in [3.63, 3.8) is 0 Å². The van der Waals surface area contributed by atoms with Gasteiger partial charge in [-0.05, 0) is 54.5 Å². The number of hydrogen-bond donors (Lipinski definition) is 1. The largest absolute Gasteiger partial charge is 0.379 e. The zero-order valence-corrected chi connectivity index (χ0v) is 16.9. The summed E-state index contributed by atoms with van der Waals surface area (Å²) in [5.41, 5.74) is 2.09. The molecule has 0 atom stereocenters. The number of anilines is 1. The molecule has 2 heterocycles. The third-order valence-corrected chi connectivity index (χ3v) is 5.09. The first-order valence-electron chi connectivity index (χ1n) is 9.21. The Morgan fingerprint density at radius 3 is 2.74 bits per heavy atom. The molecule has 0 unspecified atom stereocenters. The van der Waals surface area contributed by atoms with E-state index in [4.69, 9.17) is 28.6 Å². The lowest BCUT2D eigenvalue weighted by Crippen LogP contribution is -2.40. The van der Waals surface area contributed by atoms with Gasteiger partial charge in [-0.3, -0.25) is 9.88 Å². The molecule has 0 aliphatic carbocycles. The average Bonchev–Trinajstić information content (AvgIpc) is 2.69. The van der Waals surface area contributed by atoms with Crippen LogP contribution in [0.2, 0.25) is 5.02 Å². The zero-order valence-electron chi connectivity index (χ0n) is 15.3. The minimum Gasteiger partial charge on any atom is -0.379 e. The molecule has 5 nitrogen and oxygen atoms in total. The van der Waals surface area contributed by atoms with Crippen LogP contribution in [-0.4, -0.2) is 59.3 Å². The van der Waals surface area contributed by atoms with Crippen LogP contribution in [0.5, 0.6) is 0 Å². The minimum absolute atomic E-state index is 0.691. The molecule has 1 saturated heterocycles. The van der Waals surface area contributed by atoms with Crippen LogP contribution < -0.4 is 5.32 Å². The van der Waals surface area contributed by atoms with Crippen molar-refractivity contribution < 1.29 is 4.74 Å².